The molecule has 0 saturated heterocycles. The maximum Gasteiger partial charge on any atom is 0 e. The monoisotopic (exact) mass is 886 g/mol. The van der Waals surface area contributed by atoms with Gasteiger partial charge in [0.15, 0.2) is 0 Å². The van der Waals surface area contributed by atoms with E-state index in [1.807, 2.05) is 80.0 Å². The number of hydrogen-bond donors (Lipinski definition) is 0. The van der Waals surface area contributed by atoms with Gasteiger partial charge in [-0.3, -0.25) is 0 Å². The van der Waals surface area contributed by atoms with E-state index in [1.54, 1.807) is 4.40 Å². The third kappa shape index (κ3) is 7.77. The Bertz CT molecular complexity index is 1870. The predicted octanol–water partition coefficient (Wildman–Crippen LogP) is 9.68. The van der Waals surface area contributed by atoms with Crippen LogP contribution in [0.2, 0.25) is 34.5 Å². The van der Waals surface area contributed by atoms with Crippen LogP contribution in [0.15, 0.2) is 91.3 Å². The number of fused-ring (bicyclic) bond motifs is 3. The van der Waals surface area contributed by atoms with Crippen LogP contribution in [-0.4, -0.2) is 36.5 Å². The van der Waals surface area contributed by atoms with Crippen molar-refractivity contribution in [2.45, 2.75) is 54.3 Å². The van der Waals surface area contributed by atoms with Crippen molar-refractivity contribution in [2.24, 2.45) is 0 Å². The molecule has 223 valence electrons. The Morgan fingerprint density at radius 2 is 1.58 bits per heavy atom. The zero-order chi connectivity index (χ0) is 31.0. The minimum Gasteiger partial charge on any atom is 0 e. The van der Waals surface area contributed by atoms with Crippen LogP contribution in [0.5, 0.6) is 0 Å². The first-order valence-corrected chi connectivity index (χ1v) is 30.0. The molecule has 2 nitrogen and oxygen atoms in total. The summed E-state index contributed by atoms with van der Waals surface area (Å²) in [6.45, 7) is 3.83. The molecule has 43 heavy (non-hydrogen) atoms. The van der Waals surface area contributed by atoms with Crippen LogP contribution in [0.25, 0.3) is 42.7 Å². The molecule has 3 heterocycles. The second-order valence-electron chi connectivity index (χ2n) is 13.0. The van der Waals surface area contributed by atoms with Gasteiger partial charge in [-0.2, -0.15) is 0 Å². The molecule has 0 N–H and O–H groups in total. The summed E-state index contributed by atoms with van der Waals surface area (Å²) in [5, 5.41) is 2.74. The SMILES string of the molecule is [2H]C(C)(C)c1ccnc(-c2[c-]ccc3c2sc2ccc[c]([Ge]([CH3])([CH3])[CH3])c23)c1.[CH3][Ge]([CH3])([CH3])[c]1ccc(-c2[c-]cccc2)nc1.[Ir]. The summed E-state index contributed by atoms with van der Waals surface area (Å²) < 4.78 is 14.0. The number of aromatic nitrogens is 2. The first-order chi connectivity index (χ1) is 20.2. The molecule has 0 aliphatic heterocycles. The summed E-state index contributed by atoms with van der Waals surface area (Å²) in [5.41, 5.74) is 5.01. The quantitative estimate of drug-likeness (QED) is 0.127. The van der Waals surface area contributed by atoms with Crippen LogP contribution < -0.4 is 8.79 Å². The van der Waals surface area contributed by atoms with Crippen LogP contribution in [0.1, 0.15) is 26.7 Å². The van der Waals surface area contributed by atoms with Gasteiger partial charge in [-0.1, -0.05) is 0 Å². The standard InChI is InChI=1S/C23H24GeNS.C14H16GeN.Ir/c1-15(2)16-12-13-25-20(14-16)17-8-6-9-18-22-19(24(3,4)5)10-7-11-21(22)26-23(17)18;1-15(2,3)13-9-10-14(16-11-13)12-7-5-4-6-8-12;/h6-7,9-15H,1-5H3;4-7,9-11H,1-3H3;/q2*-1;/i15D;;. The Kier molecular flexibility index (Phi) is 10.5. The van der Waals surface area contributed by atoms with E-state index in [2.05, 4.69) is 93.0 Å². The topological polar surface area (TPSA) is 25.8 Å². The Hall–Kier alpha value is -2.08. The van der Waals surface area contributed by atoms with Crippen molar-refractivity contribution in [1.29, 1.82) is 0 Å². The molecule has 6 aromatic rings. The predicted molar refractivity (Wildman–Crippen MR) is 190 cm³/mol. The molecule has 0 bridgehead atoms. The van der Waals surface area contributed by atoms with Crippen molar-refractivity contribution >= 4 is 66.8 Å². The number of hydrogen-bond acceptors (Lipinski definition) is 3. The van der Waals surface area contributed by atoms with Crippen LogP contribution in [0.3, 0.4) is 0 Å². The van der Waals surface area contributed by atoms with Crippen LogP contribution in [-0.2, 0) is 20.1 Å². The molecule has 6 heteroatoms. The van der Waals surface area contributed by atoms with Gasteiger partial charge < -0.3 is 0 Å². The van der Waals surface area contributed by atoms with E-state index in [0.717, 1.165) is 28.1 Å². The van der Waals surface area contributed by atoms with Gasteiger partial charge >= 0.3 is 264 Å². The molecule has 0 aliphatic rings. The number of nitrogens with zero attached hydrogens (tertiary/aromatic N) is 2. The number of thiophene rings is 1. The Labute approximate surface area is 281 Å². The molecular formula is C37H40Ge2IrN2S-2. The molecule has 3 aromatic carbocycles. The summed E-state index contributed by atoms with van der Waals surface area (Å²) in [4.78, 5) is 9.15. The van der Waals surface area contributed by atoms with Crippen molar-refractivity contribution < 1.29 is 21.5 Å². The van der Waals surface area contributed by atoms with E-state index in [0.29, 0.717) is 0 Å². The first kappa shape index (κ1) is 32.3. The molecule has 6 rings (SSSR count). The third-order valence-electron chi connectivity index (χ3n) is 7.47. The first-order valence-electron chi connectivity index (χ1n) is 15.0. The van der Waals surface area contributed by atoms with Gasteiger partial charge in [0, 0.05) is 20.1 Å². The van der Waals surface area contributed by atoms with Crippen LogP contribution >= 0.6 is 11.3 Å². The van der Waals surface area contributed by atoms with Gasteiger partial charge in [0.05, 0.1) is 0 Å². The third-order valence-corrected chi connectivity index (χ3v) is 17.2. The molecule has 0 atom stereocenters. The fraction of sp³-hybridized carbons (Fsp3) is 0.243. The van der Waals surface area contributed by atoms with Crippen LogP contribution in [0, 0.1) is 12.1 Å². The molecule has 3 aromatic heterocycles. The molecule has 0 aliphatic carbocycles. The average molecular weight is 883 g/mol. The summed E-state index contributed by atoms with van der Waals surface area (Å²) in [6.07, 6.45) is 3.85. The molecule has 0 fully saturated rings. The van der Waals surface area contributed by atoms with E-state index in [9.17, 15) is 0 Å². The van der Waals surface area contributed by atoms with E-state index in [1.165, 1.54) is 24.6 Å². The summed E-state index contributed by atoms with van der Waals surface area (Å²) in [5.74, 6) is 13.9. The average Bonchev–Trinajstić information content (AvgIpc) is 3.36. The minimum atomic E-state index is -1.99. The van der Waals surface area contributed by atoms with Gasteiger partial charge in [-0.25, -0.2) is 0 Å². The number of rotatable bonds is 5. The maximum absolute atomic E-state index is 8.35. The molecule has 0 amide bonds. The summed E-state index contributed by atoms with van der Waals surface area (Å²) >= 11 is -1.87. The Morgan fingerprint density at radius 1 is 0.791 bits per heavy atom. The number of benzene rings is 3. The fourth-order valence-corrected chi connectivity index (χ4v) is 12.0. The van der Waals surface area contributed by atoms with Crippen molar-refractivity contribution in [2.75, 3.05) is 0 Å². The Morgan fingerprint density at radius 3 is 2.21 bits per heavy atom. The summed E-state index contributed by atoms with van der Waals surface area (Å²) in [6, 6.07) is 33.9. The van der Waals surface area contributed by atoms with Crippen molar-refractivity contribution in [1.82, 2.24) is 9.97 Å². The fourth-order valence-electron chi connectivity index (χ4n) is 5.03. The maximum atomic E-state index is 8.35. The summed E-state index contributed by atoms with van der Waals surface area (Å²) in [7, 11) is 0. The van der Waals surface area contributed by atoms with Crippen molar-refractivity contribution in [3.63, 3.8) is 0 Å². The minimum absolute atomic E-state index is 0. The Balaban J connectivity index is 0.000000223. The second-order valence-corrected chi connectivity index (χ2v) is 35.3. The molecule has 0 unspecified atom stereocenters. The zero-order valence-electron chi connectivity index (χ0n) is 27.3. The molecular weight excluding hydrogens is 842 g/mol. The van der Waals surface area contributed by atoms with Gasteiger partial charge in [0.25, 0.3) is 0 Å². The molecule has 1 radical (unpaired) electrons. The molecule has 0 saturated carbocycles. The smallest absolute Gasteiger partial charge is 0 e. The second kappa shape index (κ2) is 13.9. The molecule has 0 spiro atoms. The van der Waals surface area contributed by atoms with Crippen LogP contribution in [0.4, 0.5) is 0 Å². The van der Waals surface area contributed by atoms with Crippen molar-refractivity contribution in [3.05, 3.63) is 109 Å². The van der Waals surface area contributed by atoms with Gasteiger partial charge in [-0.15, -0.1) is 0 Å². The van der Waals surface area contributed by atoms with Gasteiger partial charge in [0.2, 0.25) is 0 Å². The van der Waals surface area contributed by atoms with Gasteiger partial charge in [-0.05, 0) is 0 Å². The van der Waals surface area contributed by atoms with Crippen molar-refractivity contribution in [3.8, 4) is 22.5 Å². The normalized spacial score (nSPS) is 12.3. The van der Waals surface area contributed by atoms with Gasteiger partial charge in [0.1, 0.15) is 0 Å². The zero-order valence-corrected chi connectivity index (χ0v) is 33.7. The van der Waals surface area contributed by atoms with E-state index >= 15 is 0 Å². The van der Waals surface area contributed by atoms with E-state index in [-0.39, 0.29) is 20.1 Å². The van der Waals surface area contributed by atoms with E-state index in [4.69, 9.17) is 1.37 Å². The van der Waals surface area contributed by atoms with E-state index < -0.39 is 32.4 Å². The largest absolute Gasteiger partial charge is 0 e. The number of pyridine rings is 2.